The molecule has 0 unspecified atom stereocenters. The zero-order chi connectivity index (χ0) is 7.11. The second kappa shape index (κ2) is 5.53. The highest BCUT2D eigenvalue weighted by Gasteiger charge is 1.89. The number of rotatable bonds is 5. The van der Waals surface area contributed by atoms with Crippen molar-refractivity contribution >= 4 is 5.91 Å². The van der Waals surface area contributed by atoms with E-state index < -0.39 is 0 Å². The van der Waals surface area contributed by atoms with Crippen LogP contribution in [-0.4, -0.2) is 32.7 Å². The number of nitrogens with two attached hydrogens (primary N) is 1. The van der Waals surface area contributed by atoms with Gasteiger partial charge in [-0.2, -0.15) is 0 Å². The van der Waals surface area contributed by atoms with E-state index in [2.05, 4.69) is 5.32 Å². The molecule has 0 rings (SSSR count). The second-order valence-electron chi connectivity index (χ2n) is 1.64. The summed E-state index contributed by atoms with van der Waals surface area (Å²) in [5.74, 6) is -0.342. The molecule has 4 heteroatoms. The fourth-order valence-corrected chi connectivity index (χ4v) is 0.386. The van der Waals surface area contributed by atoms with Crippen molar-refractivity contribution in [3.05, 3.63) is 0 Å². The second-order valence-corrected chi connectivity index (χ2v) is 1.64. The summed E-state index contributed by atoms with van der Waals surface area (Å²) in [6, 6.07) is 0. The normalized spacial score (nSPS) is 9.44. The topological polar surface area (TPSA) is 64.3 Å². The minimum atomic E-state index is -0.342. The fourth-order valence-electron chi connectivity index (χ4n) is 0.386. The summed E-state index contributed by atoms with van der Waals surface area (Å²) in [4.78, 5) is 10.1. The maximum atomic E-state index is 10.1. The van der Waals surface area contributed by atoms with E-state index in [1.54, 1.807) is 7.11 Å². The van der Waals surface area contributed by atoms with Crippen LogP contribution in [0.15, 0.2) is 0 Å². The minimum Gasteiger partial charge on any atom is -0.383 e. The van der Waals surface area contributed by atoms with E-state index in [0.717, 1.165) is 0 Å². The number of nitrogens with one attached hydrogen (secondary N) is 1. The lowest BCUT2D eigenvalue weighted by Crippen LogP contribution is -2.30. The molecule has 0 spiro atoms. The maximum absolute atomic E-state index is 10.1. The third-order valence-corrected chi connectivity index (χ3v) is 0.782. The third kappa shape index (κ3) is 7.39. The lowest BCUT2D eigenvalue weighted by Gasteiger charge is -1.98. The first-order valence-electron chi connectivity index (χ1n) is 2.75. The number of primary amides is 1. The molecular weight excluding hydrogens is 120 g/mol. The quantitative estimate of drug-likeness (QED) is 0.457. The highest BCUT2D eigenvalue weighted by Crippen LogP contribution is 1.62. The Labute approximate surface area is 54.4 Å². The fraction of sp³-hybridized carbons (Fsp3) is 0.800. The zero-order valence-electron chi connectivity index (χ0n) is 5.52. The van der Waals surface area contributed by atoms with Crippen molar-refractivity contribution < 1.29 is 9.53 Å². The molecule has 1 amide bonds. The molecule has 0 fully saturated rings. The van der Waals surface area contributed by atoms with E-state index in [1.807, 2.05) is 0 Å². The lowest BCUT2D eigenvalue weighted by molar-refractivity contribution is -0.117. The Kier molecular flexibility index (Phi) is 5.15. The van der Waals surface area contributed by atoms with Crippen LogP contribution < -0.4 is 11.1 Å². The molecule has 0 aromatic heterocycles. The van der Waals surface area contributed by atoms with Gasteiger partial charge < -0.3 is 15.8 Å². The Morgan fingerprint density at radius 3 is 2.89 bits per heavy atom. The number of hydrogen-bond acceptors (Lipinski definition) is 3. The molecule has 0 aliphatic rings. The number of carbonyl (C=O) groups is 1. The SMILES string of the molecule is COCCNCC(N)=O. The zero-order valence-corrected chi connectivity index (χ0v) is 5.52. The summed E-state index contributed by atoms with van der Waals surface area (Å²) >= 11 is 0. The third-order valence-electron chi connectivity index (χ3n) is 0.782. The van der Waals surface area contributed by atoms with Crippen LogP contribution in [-0.2, 0) is 9.53 Å². The van der Waals surface area contributed by atoms with Crippen LogP contribution in [0.2, 0.25) is 0 Å². The van der Waals surface area contributed by atoms with Crippen LogP contribution in [0.3, 0.4) is 0 Å². The first kappa shape index (κ1) is 8.39. The number of carbonyl (C=O) groups excluding carboxylic acids is 1. The summed E-state index contributed by atoms with van der Waals surface area (Å²) < 4.78 is 4.71. The molecular formula is C5H12N2O2. The predicted molar refractivity (Wildman–Crippen MR) is 33.9 cm³/mol. The van der Waals surface area contributed by atoms with Crippen LogP contribution in [0.5, 0.6) is 0 Å². The molecule has 54 valence electrons. The Balaban J connectivity index is 2.83. The maximum Gasteiger partial charge on any atom is 0.231 e. The molecule has 0 saturated carbocycles. The van der Waals surface area contributed by atoms with Gasteiger partial charge in [-0.25, -0.2) is 0 Å². The molecule has 0 saturated heterocycles. The van der Waals surface area contributed by atoms with Gasteiger partial charge in [-0.3, -0.25) is 4.79 Å². The van der Waals surface area contributed by atoms with Crippen molar-refractivity contribution in [3.8, 4) is 0 Å². The molecule has 3 N–H and O–H groups in total. The van der Waals surface area contributed by atoms with Crippen LogP contribution in [0, 0.1) is 0 Å². The molecule has 4 nitrogen and oxygen atoms in total. The van der Waals surface area contributed by atoms with Gasteiger partial charge in [0.2, 0.25) is 5.91 Å². The van der Waals surface area contributed by atoms with Crippen molar-refractivity contribution in [3.63, 3.8) is 0 Å². The average Bonchev–Trinajstić information content (AvgIpc) is 1.80. The van der Waals surface area contributed by atoms with Crippen molar-refractivity contribution in [2.75, 3.05) is 26.8 Å². The van der Waals surface area contributed by atoms with E-state index in [9.17, 15) is 4.79 Å². The Morgan fingerprint density at radius 1 is 1.78 bits per heavy atom. The lowest BCUT2D eigenvalue weighted by atomic mass is 10.6. The van der Waals surface area contributed by atoms with Crippen LogP contribution in [0.25, 0.3) is 0 Å². The molecule has 0 aromatic carbocycles. The summed E-state index contributed by atoms with van der Waals surface area (Å²) in [6.45, 7) is 1.50. The standard InChI is InChI=1S/C5H12N2O2/c1-9-3-2-7-4-5(6)8/h7H,2-4H2,1H3,(H2,6,8). The molecule has 0 aromatic rings. The van der Waals surface area contributed by atoms with Gasteiger partial charge in [0, 0.05) is 13.7 Å². The first-order chi connectivity index (χ1) is 4.27. The van der Waals surface area contributed by atoms with Crippen molar-refractivity contribution in [2.45, 2.75) is 0 Å². The highest BCUT2D eigenvalue weighted by atomic mass is 16.5. The Bertz CT molecular complexity index is 85.0. The van der Waals surface area contributed by atoms with Crippen molar-refractivity contribution in [1.82, 2.24) is 5.32 Å². The summed E-state index contributed by atoms with van der Waals surface area (Å²) in [5, 5.41) is 2.79. The number of ether oxygens (including phenoxy) is 1. The Morgan fingerprint density at radius 2 is 2.44 bits per heavy atom. The van der Waals surface area contributed by atoms with Gasteiger partial charge in [0.15, 0.2) is 0 Å². The van der Waals surface area contributed by atoms with Crippen molar-refractivity contribution in [1.29, 1.82) is 0 Å². The van der Waals surface area contributed by atoms with Gasteiger partial charge in [-0.15, -0.1) is 0 Å². The highest BCUT2D eigenvalue weighted by molar-refractivity contribution is 5.75. The summed E-state index contributed by atoms with van der Waals surface area (Å²) in [6.07, 6.45) is 0. The summed E-state index contributed by atoms with van der Waals surface area (Å²) in [5.41, 5.74) is 4.83. The van der Waals surface area contributed by atoms with Gasteiger partial charge in [-0.1, -0.05) is 0 Å². The van der Waals surface area contributed by atoms with E-state index in [-0.39, 0.29) is 12.5 Å². The van der Waals surface area contributed by atoms with Crippen molar-refractivity contribution in [2.24, 2.45) is 5.73 Å². The molecule has 9 heavy (non-hydrogen) atoms. The molecule has 0 aliphatic heterocycles. The predicted octanol–water partition coefficient (Wildman–Crippen LogP) is -1.29. The van der Waals surface area contributed by atoms with Gasteiger partial charge in [-0.05, 0) is 0 Å². The first-order valence-corrected chi connectivity index (χ1v) is 2.75. The van der Waals surface area contributed by atoms with Crippen LogP contribution >= 0.6 is 0 Å². The molecule has 0 radical (unpaired) electrons. The Hall–Kier alpha value is -0.610. The average molecular weight is 132 g/mol. The largest absolute Gasteiger partial charge is 0.383 e. The summed E-state index contributed by atoms with van der Waals surface area (Å²) in [7, 11) is 1.60. The molecule has 0 atom stereocenters. The van der Waals surface area contributed by atoms with E-state index in [1.165, 1.54) is 0 Å². The number of methoxy groups -OCH3 is 1. The smallest absolute Gasteiger partial charge is 0.231 e. The van der Waals surface area contributed by atoms with Gasteiger partial charge in [0.1, 0.15) is 0 Å². The van der Waals surface area contributed by atoms with E-state index >= 15 is 0 Å². The monoisotopic (exact) mass is 132 g/mol. The molecule has 0 heterocycles. The molecule has 0 aliphatic carbocycles. The molecule has 0 bridgehead atoms. The minimum absolute atomic E-state index is 0.226. The van der Waals surface area contributed by atoms with Gasteiger partial charge in [0.05, 0.1) is 13.2 Å². The van der Waals surface area contributed by atoms with E-state index in [0.29, 0.717) is 13.2 Å². The number of amides is 1. The van der Waals surface area contributed by atoms with Gasteiger partial charge in [0.25, 0.3) is 0 Å². The van der Waals surface area contributed by atoms with Crippen LogP contribution in [0.1, 0.15) is 0 Å². The van der Waals surface area contributed by atoms with Gasteiger partial charge >= 0.3 is 0 Å². The van der Waals surface area contributed by atoms with E-state index in [4.69, 9.17) is 10.5 Å². The number of hydrogen-bond donors (Lipinski definition) is 2. The van der Waals surface area contributed by atoms with Crippen LogP contribution in [0.4, 0.5) is 0 Å².